The van der Waals surface area contributed by atoms with E-state index >= 15 is 0 Å². The van der Waals surface area contributed by atoms with Crippen molar-refractivity contribution in [2.75, 3.05) is 25.4 Å². The molecule has 0 N–H and O–H groups in total. The van der Waals surface area contributed by atoms with Crippen LogP contribution in [0.25, 0.3) is 0 Å². The standard InChI is InChI=1S/C14H21N3O3S/c1-3-20-13(19)11-5-4-7-17(9-11)12(18)10-21-14-15-6-8-16(14)2/h6,8,11H,3-5,7,9-10H2,1-2H3/t11-/m0/s1. The smallest absolute Gasteiger partial charge is 0.310 e. The Morgan fingerprint density at radius 2 is 2.33 bits per heavy atom. The van der Waals surface area contributed by atoms with Crippen molar-refractivity contribution in [3.63, 3.8) is 0 Å². The molecule has 0 aliphatic carbocycles. The summed E-state index contributed by atoms with van der Waals surface area (Å²) in [6.07, 6.45) is 5.21. The van der Waals surface area contributed by atoms with Gasteiger partial charge in [-0.3, -0.25) is 9.59 Å². The zero-order chi connectivity index (χ0) is 15.2. The largest absolute Gasteiger partial charge is 0.466 e. The Hall–Kier alpha value is -1.50. The molecular formula is C14H21N3O3S. The van der Waals surface area contributed by atoms with Gasteiger partial charge in [0.2, 0.25) is 5.91 Å². The molecule has 2 heterocycles. The van der Waals surface area contributed by atoms with Crippen LogP contribution in [0.15, 0.2) is 17.6 Å². The summed E-state index contributed by atoms with van der Waals surface area (Å²) in [6.45, 7) is 3.38. The van der Waals surface area contributed by atoms with Gasteiger partial charge in [0.05, 0.1) is 18.3 Å². The fourth-order valence-corrected chi connectivity index (χ4v) is 3.20. The molecule has 1 aliphatic rings. The van der Waals surface area contributed by atoms with Crippen molar-refractivity contribution >= 4 is 23.6 Å². The first-order valence-corrected chi connectivity index (χ1v) is 8.15. The number of nitrogens with zero attached hydrogens (tertiary/aromatic N) is 3. The number of amides is 1. The number of hydrogen-bond donors (Lipinski definition) is 0. The highest BCUT2D eigenvalue weighted by Crippen LogP contribution is 2.20. The zero-order valence-corrected chi connectivity index (χ0v) is 13.3. The molecule has 1 atom stereocenters. The summed E-state index contributed by atoms with van der Waals surface area (Å²) >= 11 is 1.42. The molecule has 1 aromatic rings. The van der Waals surface area contributed by atoms with Gasteiger partial charge in [0.1, 0.15) is 0 Å². The molecule has 0 spiro atoms. The maximum atomic E-state index is 12.2. The summed E-state index contributed by atoms with van der Waals surface area (Å²) in [5.41, 5.74) is 0. The number of carbonyl (C=O) groups is 2. The Kier molecular flexibility index (Phi) is 5.67. The molecule has 0 bridgehead atoms. The molecule has 2 rings (SSSR count). The van der Waals surface area contributed by atoms with Gasteiger partial charge < -0.3 is 14.2 Å². The van der Waals surface area contributed by atoms with Crippen molar-refractivity contribution in [3.8, 4) is 0 Å². The molecule has 0 aromatic carbocycles. The summed E-state index contributed by atoms with van der Waals surface area (Å²) in [7, 11) is 1.90. The second-order valence-corrected chi connectivity index (χ2v) is 5.98. The lowest BCUT2D eigenvalue weighted by molar-refractivity contribution is -0.151. The van der Waals surface area contributed by atoms with Crippen LogP contribution in [0.5, 0.6) is 0 Å². The first-order chi connectivity index (χ1) is 10.1. The lowest BCUT2D eigenvalue weighted by Crippen LogP contribution is -2.43. The van der Waals surface area contributed by atoms with Crippen LogP contribution in [0.3, 0.4) is 0 Å². The maximum absolute atomic E-state index is 12.2. The molecule has 6 nitrogen and oxygen atoms in total. The fourth-order valence-electron chi connectivity index (χ4n) is 2.36. The maximum Gasteiger partial charge on any atom is 0.310 e. The molecule has 21 heavy (non-hydrogen) atoms. The number of aryl methyl sites for hydroxylation is 1. The highest BCUT2D eigenvalue weighted by molar-refractivity contribution is 7.99. The van der Waals surface area contributed by atoms with Crippen LogP contribution >= 0.6 is 11.8 Å². The van der Waals surface area contributed by atoms with Crippen molar-refractivity contribution in [2.24, 2.45) is 13.0 Å². The van der Waals surface area contributed by atoms with Gasteiger partial charge in [0.15, 0.2) is 5.16 Å². The molecule has 1 saturated heterocycles. The number of esters is 1. The van der Waals surface area contributed by atoms with Crippen LogP contribution < -0.4 is 0 Å². The highest BCUT2D eigenvalue weighted by atomic mass is 32.2. The van der Waals surface area contributed by atoms with Crippen LogP contribution in [0.2, 0.25) is 0 Å². The molecule has 0 saturated carbocycles. The van der Waals surface area contributed by atoms with E-state index in [-0.39, 0.29) is 17.8 Å². The Morgan fingerprint density at radius 3 is 3.00 bits per heavy atom. The van der Waals surface area contributed by atoms with Crippen molar-refractivity contribution in [2.45, 2.75) is 24.9 Å². The number of imidazole rings is 1. The van der Waals surface area contributed by atoms with Crippen LogP contribution in [0.1, 0.15) is 19.8 Å². The predicted molar refractivity (Wildman–Crippen MR) is 79.9 cm³/mol. The number of thioether (sulfide) groups is 1. The Morgan fingerprint density at radius 1 is 1.52 bits per heavy atom. The Bertz CT molecular complexity index is 503. The number of hydrogen-bond acceptors (Lipinski definition) is 5. The van der Waals surface area contributed by atoms with E-state index in [4.69, 9.17) is 4.74 Å². The van der Waals surface area contributed by atoms with Gasteiger partial charge in [0.25, 0.3) is 0 Å². The molecule has 0 unspecified atom stereocenters. The van der Waals surface area contributed by atoms with E-state index in [9.17, 15) is 9.59 Å². The molecule has 1 amide bonds. The Labute approximate surface area is 128 Å². The fraction of sp³-hybridized carbons (Fsp3) is 0.643. The normalized spacial score (nSPS) is 18.6. The minimum atomic E-state index is -0.188. The van der Waals surface area contributed by atoms with E-state index in [1.165, 1.54) is 11.8 Å². The zero-order valence-electron chi connectivity index (χ0n) is 12.4. The Balaban J connectivity index is 1.84. The minimum absolute atomic E-state index is 0.0528. The first-order valence-electron chi connectivity index (χ1n) is 7.16. The summed E-state index contributed by atoms with van der Waals surface area (Å²) < 4.78 is 6.93. The van der Waals surface area contributed by atoms with Crippen LogP contribution in [-0.2, 0) is 21.4 Å². The van der Waals surface area contributed by atoms with E-state index < -0.39 is 0 Å². The average molecular weight is 311 g/mol. The van der Waals surface area contributed by atoms with Gasteiger partial charge in [0, 0.05) is 32.5 Å². The van der Waals surface area contributed by atoms with Gasteiger partial charge in [-0.25, -0.2) is 4.98 Å². The topological polar surface area (TPSA) is 64.4 Å². The van der Waals surface area contributed by atoms with Crippen molar-refractivity contribution in [1.29, 1.82) is 0 Å². The minimum Gasteiger partial charge on any atom is -0.466 e. The number of piperidine rings is 1. The van der Waals surface area contributed by atoms with Gasteiger partial charge in [-0.2, -0.15) is 0 Å². The van der Waals surface area contributed by atoms with Crippen molar-refractivity contribution in [1.82, 2.24) is 14.5 Å². The number of likely N-dealkylation sites (tertiary alicyclic amines) is 1. The van der Waals surface area contributed by atoms with Gasteiger partial charge in [-0.15, -0.1) is 0 Å². The van der Waals surface area contributed by atoms with Gasteiger partial charge >= 0.3 is 5.97 Å². The van der Waals surface area contributed by atoms with Crippen molar-refractivity contribution < 1.29 is 14.3 Å². The van der Waals surface area contributed by atoms with Crippen LogP contribution in [-0.4, -0.2) is 51.8 Å². The lowest BCUT2D eigenvalue weighted by atomic mass is 9.98. The monoisotopic (exact) mass is 311 g/mol. The molecule has 116 valence electrons. The second kappa shape index (κ2) is 7.49. The first kappa shape index (κ1) is 15.9. The third kappa shape index (κ3) is 4.23. The van der Waals surface area contributed by atoms with Crippen LogP contribution in [0, 0.1) is 5.92 Å². The number of ether oxygens (including phenoxy) is 1. The van der Waals surface area contributed by atoms with E-state index in [1.807, 2.05) is 17.8 Å². The molecule has 1 aromatic heterocycles. The third-order valence-corrected chi connectivity index (χ3v) is 4.54. The highest BCUT2D eigenvalue weighted by Gasteiger charge is 2.29. The number of aromatic nitrogens is 2. The molecule has 1 aliphatic heterocycles. The number of carbonyl (C=O) groups excluding carboxylic acids is 2. The van der Waals surface area contributed by atoms with Crippen molar-refractivity contribution in [3.05, 3.63) is 12.4 Å². The molecular weight excluding hydrogens is 290 g/mol. The van der Waals surface area contributed by atoms with E-state index in [0.717, 1.165) is 24.5 Å². The molecule has 0 radical (unpaired) electrons. The van der Waals surface area contributed by atoms with Gasteiger partial charge in [-0.1, -0.05) is 11.8 Å². The predicted octanol–water partition coefficient (Wildman–Crippen LogP) is 1.31. The average Bonchev–Trinajstić information content (AvgIpc) is 2.90. The summed E-state index contributed by atoms with van der Waals surface area (Å²) in [5, 5.41) is 0.822. The third-order valence-electron chi connectivity index (χ3n) is 3.50. The SMILES string of the molecule is CCOC(=O)[C@H]1CCCN(C(=O)CSc2nccn2C)C1. The summed E-state index contributed by atoms with van der Waals surface area (Å²) in [6, 6.07) is 0. The molecule has 7 heteroatoms. The van der Waals surface area contributed by atoms with E-state index in [1.54, 1.807) is 18.0 Å². The summed E-state index contributed by atoms with van der Waals surface area (Å²) in [5.74, 6) is 0.0324. The lowest BCUT2D eigenvalue weighted by Gasteiger charge is -2.31. The van der Waals surface area contributed by atoms with Gasteiger partial charge in [-0.05, 0) is 19.8 Å². The summed E-state index contributed by atoms with van der Waals surface area (Å²) in [4.78, 5) is 30.0. The van der Waals surface area contributed by atoms with Crippen LogP contribution in [0.4, 0.5) is 0 Å². The molecule has 1 fully saturated rings. The van der Waals surface area contributed by atoms with E-state index in [2.05, 4.69) is 4.98 Å². The van der Waals surface area contributed by atoms with E-state index in [0.29, 0.717) is 18.9 Å². The number of rotatable bonds is 5. The second-order valence-electron chi connectivity index (χ2n) is 5.04. The quantitative estimate of drug-likeness (QED) is 0.606.